The van der Waals surface area contributed by atoms with Gasteiger partial charge < -0.3 is 20.5 Å². The van der Waals surface area contributed by atoms with Crippen LogP contribution in [0.25, 0.3) is 0 Å². The van der Waals surface area contributed by atoms with Gasteiger partial charge in [0.25, 0.3) is 11.4 Å². The number of nitro groups is 2. The van der Waals surface area contributed by atoms with E-state index in [0.717, 1.165) is 5.56 Å². The zero-order valence-corrected chi connectivity index (χ0v) is 17.8. The molecule has 3 rings (SSSR count). The monoisotopic (exact) mass is 444 g/mol. The number of carbonyl (C=O) groups excluding carboxylic acids is 1. The number of ether oxygens (including phenoxy) is 1. The molecule has 0 fully saturated rings. The number of hydrogen-bond donors (Lipinski definition) is 3. The van der Waals surface area contributed by atoms with Gasteiger partial charge in [0.1, 0.15) is 23.1 Å². The topological polar surface area (TPSA) is 157 Å². The fraction of sp³-hybridized carbons (Fsp3) is 0.381. The molecule has 0 aromatic heterocycles. The number of nitrogens with zero attached hydrogens (tertiary/aromatic N) is 2. The van der Waals surface area contributed by atoms with Gasteiger partial charge in [-0.3, -0.25) is 25.0 Å². The van der Waals surface area contributed by atoms with Crippen LogP contribution in [0.2, 0.25) is 0 Å². The van der Waals surface area contributed by atoms with Crippen LogP contribution < -0.4 is 15.4 Å². The number of aliphatic hydroxyl groups excluding tert-OH is 1. The van der Waals surface area contributed by atoms with Crippen molar-refractivity contribution in [1.82, 2.24) is 5.32 Å². The van der Waals surface area contributed by atoms with Crippen LogP contribution in [0, 0.1) is 20.2 Å². The normalized spacial score (nSPS) is 18.9. The molecule has 1 amide bonds. The molecule has 1 aliphatic rings. The van der Waals surface area contributed by atoms with Crippen LogP contribution in [0.15, 0.2) is 36.4 Å². The van der Waals surface area contributed by atoms with Crippen LogP contribution in [0.5, 0.6) is 5.75 Å². The number of fused-ring (bicyclic) bond motifs is 1. The Kier molecular flexibility index (Phi) is 6.42. The third-order valence-corrected chi connectivity index (χ3v) is 5.30. The van der Waals surface area contributed by atoms with E-state index in [2.05, 4.69) is 10.6 Å². The summed E-state index contributed by atoms with van der Waals surface area (Å²) < 4.78 is 5.84. The van der Waals surface area contributed by atoms with Gasteiger partial charge in [-0.25, -0.2) is 0 Å². The molecule has 0 radical (unpaired) electrons. The van der Waals surface area contributed by atoms with E-state index < -0.39 is 33.5 Å². The van der Waals surface area contributed by atoms with Crippen LogP contribution >= 0.6 is 0 Å². The van der Waals surface area contributed by atoms with Gasteiger partial charge in [0.15, 0.2) is 0 Å². The second-order valence-corrected chi connectivity index (χ2v) is 8.10. The summed E-state index contributed by atoms with van der Waals surface area (Å²) in [5.74, 6) is -0.220. The Morgan fingerprint density at radius 1 is 1.16 bits per heavy atom. The van der Waals surface area contributed by atoms with Gasteiger partial charge in [-0.1, -0.05) is 12.1 Å². The van der Waals surface area contributed by atoms with Gasteiger partial charge >= 0.3 is 0 Å². The predicted octanol–water partition coefficient (Wildman–Crippen LogP) is 2.87. The first-order valence-electron chi connectivity index (χ1n) is 9.93. The first-order chi connectivity index (χ1) is 15.0. The standard InChI is InChI=1S/C21H24N4O7/c1-12(26)23-16-10-15-18(11-17(16)25(30)31)32-21(2,3)20(27)19(15)22-9-8-13-4-6-14(7-5-13)24(28)29/h4-7,10-11,19-20,22,27H,8-9H2,1-3H3,(H,23,26)/t19-,20+/m0/s1. The van der Waals surface area contributed by atoms with E-state index in [4.69, 9.17) is 4.74 Å². The van der Waals surface area contributed by atoms with Gasteiger partial charge in [-0.15, -0.1) is 0 Å². The minimum Gasteiger partial charge on any atom is -0.484 e. The lowest BCUT2D eigenvalue weighted by molar-refractivity contribution is -0.384. The lowest BCUT2D eigenvalue weighted by Crippen LogP contribution is -2.52. The smallest absolute Gasteiger partial charge is 0.296 e. The van der Waals surface area contributed by atoms with Crippen LogP contribution in [0.4, 0.5) is 17.1 Å². The summed E-state index contributed by atoms with van der Waals surface area (Å²) in [4.78, 5) is 32.7. The van der Waals surface area contributed by atoms with E-state index in [1.165, 1.54) is 31.2 Å². The average Bonchev–Trinajstić information content (AvgIpc) is 2.70. The largest absolute Gasteiger partial charge is 0.484 e. The molecule has 0 unspecified atom stereocenters. The van der Waals surface area contributed by atoms with Crippen molar-refractivity contribution in [2.45, 2.75) is 44.9 Å². The summed E-state index contributed by atoms with van der Waals surface area (Å²) >= 11 is 0. The molecule has 11 nitrogen and oxygen atoms in total. The fourth-order valence-corrected chi connectivity index (χ4v) is 3.65. The van der Waals surface area contributed by atoms with Crippen molar-refractivity contribution in [2.75, 3.05) is 11.9 Å². The summed E-state index contributed by atoms with van der Waals surface area (Å²) in [6.07, 6.45) is -0.456. The molecule has 2 atom stereocenters. The molecule has 0 aliphatic carbocycles. The van der Waals surface area contributed by atoms with E-state index >= 15 is 0 Å². The quantitative estimate of drug-likeness (QED) is 0.434. The van der Waals surface area contributed by atoms with Crippen molar-refractivity contribution in [2.24, 2.45) is 0 Å². The number of benzene rings is 2. The number of hydrogen-bond acceptors (Lipinski definition) is 8. The number of anilines is 1. The van der Waals surface area contributed by atoms with E-state index in [0.29, 0.717) is 18.5 Å². The maximum atomic E-state index is 11.5. The van der Waals surface area contributed by atoms with Crippen LogP contribution in [0.1, 0.15) is 37.9 Å². The Morgan fingerprint density at radius 2 is 1.81 bits per heavy atom. The SMILES string of the molecule is CC(=O)Nc1cc2c(cc1[N+](=O)[O-])OC(C)(C)[C@H](O)[C@H]2NCCc1ccc([N+](=O)[O-])cc1. The first-order valence-corrected chi connectivity index (χ1v) is 9.93. The summed E-state index contributed by atoms with van der Waals surface area (Å²) in [6.45, 7) is 5.03. The number of aliphatic hydroxyl groups is 1. The molecule has 3 N–H and O–H groups in total. The first kappa shape index (κ1) is 23.1. The van der Waals surface area contributed by atoms with Gasteiger partial charge in [0.05, 0.1) is 22.0 Å². The van der Waals surface area contributed by atoms with Crippen molar-refractivity contribution in [3.05, 3.63) is 67.8 Å². The highest BCUT2D eigenvalue weighted by molar-refractivity contribution is 5.91. The molecule has 0 spiro atoms. The summed E-state index contributed by atoms with van der Waals surface area (Å²) in [6, 6.07) is 8.24. The summed E-state index contributed by atoms with van der Waals surface area (Å²) in [5.41, 5.74) is 0.0298. The number of nitro benzene ring substituents is 2. The number of nitrogens with one attached hydrogen (secondary N) is 2. The molecule has 1 heterocycles. The molecule has 0 bridgehead atoms. The molecule has 1 aliphatic heterocycles. The lowest BCUT2D eigenvalue weighted by atomic mass is 9.86. The van der Waals surface area contributed by atoms with Gasteiger partial charge in [0.2, 0.25) is 5.91 Å². The van der Waals surface area contributed by atoms with Crippen LogP contribution in [-0.2, 0) is 11.2 Å². The third kappa shape index (κ3) is 4.84. The molecule has 2 aromatic carbocycles. The van der Waals surface area contributed by atoms with Crippen molar-refractivity contribution in [3.63, 3.8) is 0 Å². The zero-order chi connectivity index (χ0) is 23.6. The van der Waals surface area contributed by atoms with Crippen molar-refractivity contribution >= 4 is 23.0 Å². The third-order valence-electron chi connectivity index (χ3n) is 5.30. The Labute approximate surface area is 183 Å². The lowest BCUT2D eigenvalue weighted by Gasteiger charge is -2.42. The Balaban J connectivity index is 1.87. The highest BCUT2D eigenvalue weighted by atomic mass is 16.6. The molecular weight excluding hydrogens is 420 g/mol. The minimum atomic E-state index is -1.03. The number of non-ortho nitro benzene ring substituents is 1. The highest BCUT2D eigenvalue weighted by Crippen LogP contribution is 2.44. The van der Waals surface area contributed by atoms with E-state index in [1.807, 2.05) is 0 Å². The molecular formula is C21H24N4O7. The highest BCUT2D eigenvalue weighted by Gasteiger charge is 2.43. The van der Waals surface area contributed by atoms with Crippen LogP contribution in [0.3, 0.4) is 0 Å². The Morgan fingerprint density at radius 3 is 2.38 bits per heavy atom. The predicted molar refractivity (Wildman–Crippen MR) is 116 cm³/mol. The number of carbonyl (C=O) groups is 1. The molecule has 2 aromatic rings. The molecule has 170 valence electrons. The number of amides is 1. The molecule has 32 heavy (non-hydrogen) atoms. The average molecular weight is 444 g/mol. The van der Waals surface area contributed by atoms with Crippen molar-refractivity contribution in [1.29, 1.82) is 0 Å². The van der Waals surface area contributed by atoms with Crippen molar-refractivity contribution in [3.8, 4) is 5.75 Å². The second-order valence-electron chi connectivity index (χ2n) is 8.10. The van der Waals surface area contributed by atoms with Crippen molar-refractivity contribution < 1.29 is 24.5 Å². The number of rotatable bonds is 7. The van der Waals surface area contributed by atoms with Gasteiger partial charge in [0, 0.05) is 24.6 Å². The Hall–Kier alpha value is -3.57. The van der Waals surface area contributed by atoms with Gasteiger partial charge in [-0.05, 0) is 38.4 Å². The fourth-order valence-electron chi connectivity index (χ4n) is 3.65. The molecule has 0 saturated carbocycles. The Bertz CT molecular complexity index is 1050. The summed E-state index contributed by atoms with van der Waals surface area (Å²) in [7, 11) is 0. The minimum absolute atomic E-state index is 0.00401. The zero-order valence-electron chi connectivity index (χ0n) is 17.8. The van der Waals surface area contributed by atoms with E-state index in [1.54, 1.807) is 26.0 Å². The summed E-state index contributed by atoms with van der Waals surface area (Å²) in [5, 5.41) is 38.9. The maximum Gasteiger partial charge on any atom is 0.296 e. The van der Waals surface area contributed by atoms with Crippen LogP contribution in [-0.4, -0.2) is 39.1 Å². The maximum absolute atomic E-state index is 11.5. The second kappa shape index (κ2) is 8.89. The molecule has 11 heteroatoms. The van der Waals surface area contributed by atoms with E-state index in [9.17, 15) is 30.1 Å². The molecule has 0 saturated heterocycles. The van der Waals surface area contributed by atoms with Gasteiger partial charge in [-0.2, -0.15) is 0 Å². The van der Waals surface area contributed by atoms with E-state index in [-0.39, 0.29) is 22.8 Å².